The van der Waals surface area contributed by atoms with Crippen LogP contribution in [0.1, 0.15) is 26.3 Å². The number of hydrogen-bond donors (Lipinski definition) is 4. The summed E-state index contributed by atoms with van der Waals surface area (Å²) in [6.07, 6.45) is 1.57. The number of rotatable bonds is 7. The van der Waals surface area contributed by atoms with Crippen LogP contribution in [-0.2, 0) is 10.0 Å². The fraction of sp³-hybridized carbons (Fsp3) is 0.412. The molecule has 0 aliphatic heterocycles. The summed E-state index contributed by atoms with van der Waals surface area (Å²) in [5, 5.41) is 21.5. The zero-order valence-corrected chi connectivity index (χ0v) is 18.6. The van der Waals surface area contributed by atoms with Crippen LogP contribution in [0.2, 0.25) is 0 Å². The van der Waals surface area contributed by atoms with E-state index in [-0.39, 0.29) is 22.6 Å². The largest absolute Gasteiger partial charge is 0.495 e. The lowest BCUT2D eigenvalue weighted by atomic mass is 10.0. The highest BCUT2D eigenvalue weighted by molar-refractivity contribution is 9.10. The first-order valence-corrected chi connectivity index (χ1v) is 10.7. The first kappa shape index (κ1) is 22.3. The Morgan fingerprint density at radius 2 is 2.00 bits per heavy atom. The summed E-state index contributed by atoms with van der Waals surface area (Å²) < 4.78 is 29.4. The van der Waals surface area contributed by atoms with Crippen molar-refractivity contribution < 1.29 is 18.3 Å². The summed E-state index contributed by atoms with van der Waals surface area (Å²) in [5.41, 5.74) is 0.00690. The average Bonchev–Trinajstić information content (AvgIpc) is 2.55. The van der Waals surface area contributed by atoms with E-state index in [1.165, 1.54) is 13.2 Å². The van der Waals surface area contributed by atoms with Gasteiger partial charge in [-0.2, -0.15) is 4.98 Å². The van der Waals surface area contributed by atoms with Gasteiger partial charge in [-0.1, -0.05) is 0 Å². The molecule has 5 N–H and O–H groups in total. The lowest BCUT2D eigenvalue weighted by Crippen LogP contribution is -2.39. The number of halogens is 1. The Bertz CT molecular complexity index is 976. The molecule has 11 heteroatoms. The Hall–Kier alpha value is -1.95. The molecule has 0 saturated carbocycles. The predicted octanol–water partition coefficient (Wildman–Crippen LogP) is 2.52. The maximum Gasteiger partial charge on any atom is 0.242 e. The van der Waals surface area contributed by atoms with Crippen LogP contribution in [0.25, 0.3) is 0 Å². The number of anilines is 3. The fourth-order valence-corrected chi connectivity index (χ4v) is 3.61. The van der Waals surface area contributed by atoms with Crippen LogP contribution >= 0.6 is 15.9 Å². The van der Waals surface area contributed by atoms with Crippen LogP contribution < -0.4 is 20.5 Å². The highest BCUT2D eigenvalue weighted by atomic mass is 79.9. The van der Waals surface area contributed by atoms with Gasteiger partial charge >= 0.3 is 0 Å². The van der Waals surface area contributed by atoms with Crippen molar-refractivity contribution in [3.63, 3.8) is 0 Å². The molecule has 0 aliphatic carbocycles. The number of aliphatic hydroxyl groups is 1. The van der Waals surface area contributed by atoms with Gasteiger partial charge in [0.15, 0.2) is 0 Å². The van der Waals surface area contributed by atoms with Gasteiger partial charge in [-0.25, -0.2) is 18.5 Å². The molecule has 0 spiro atoms. The van der Waals surface area contributed by atoms with E-state index in [1.54, 1.807) is 33.0 Å². The molecule has 1 atom stereocenters. The van der Waals surface area contributed by atoms with Crippen molar-refractivity contribution in [2.75, 3.05) is 17.7 Å². The zero-order chi connectivity index (χ0) is 21.3. The van der Waals surface area contributed by atoms with Crippen LogP contribution in [0.3, 0.4) is 0 Å². The van der Waals surface area contributed by atoms with Crippen LogP contribution in [0.4, 0.5) is 17.5 Å². The van der Waals surface area contributed by atoms with Gasteiger partial charge in [0, 0.05) is 18.0 Å². The Morgan fingerprint density at radius 1 is 1.36 bits per heavy atom. The molecule has 28 heavy (non-hydrogen) atoms. The molecule has 9 nitrogen and oxygen atoms in total. The molecule has 1 aromatic heterocycles. The highest BCUT2D eigenvalue weighted by Gasteiger charge is 2.23. The summed E-state index contributed by atoms with van der Waals surface area (Å²) in [7, 11) is -2.57. The maximum atomic E-state index is 11.8. The van der Waals surface area contributed by atoms with Crippen molar-refractivity contribution in [1.29, 1.82) is 0 Å². The molecule has 0 radical (unpaired) electrons. The van der Waals surface area contributed by atoms with Gasteiger partial charge in [-0.3, -0.25) is 0 Å². The molecule has 0 fully saturated rings. The third-order valence-electron chi connectivity index (χ3n) is 4.16. The highest BCUT2D eigenvalue weighted by Crippen LogP contribution is 2.32. The number of aromatic nitrogens is 2. The summed E-state index contributed by atoms with van der Waals surface area (Å²) >= 11 is 3.38. The van der Waals surface area contributed by atoms with Crippen molar-refractivity contribution in [1.82, 2.24) is 9.97 Å². The molecule has 2 aromatic rings. The SMILES string of the molecule is COc1cc(Nc2ncc(Br)c(N[C@H](C)C(C)(C)O)n2)cc(C)c1S(N)(=O)=O. The van der Waals surface area contributed by atoms with E-state index in [2.05, 4.69) is 36.5 Å². The number of aryl methyl sites for hydroxylation is 1. The van der Waals surface area contributed by atoms with Crippen LogP contribution in [0.5, 0.6) is 5.75 Å². The summed E-state index contributed by atoms with van der Waals surface area (Å²) in [6, 6.07) is 2.84. The van der Waals surface area contributed by atoms with E-state index < -0.39 is 15.6 Å². The van der Waals surface area contributed by atoms with Crippen molar-refractivity contribution in [2.45, 2.75) is 44.2 Å². The molecular formula is C17H24BrN5O4S. The standard InChI is InChI=1S/C17H24BrN5O4S/c1-9-6-11(7-13(27-5)14(9)28(19,25)26)22-16-20-8-12(18)15(23-16)21-10(2)17(3,4)24/h6-8,10,24H,1-5H3,(H2,19,25,26)(H2,20,21,22,23)/t10-/m1/s1. The van der Waals surface area contributed by atoms with E-state index >= 15 is 0 Å². The minimum atomic E-state index is -3.93. The first-order valence-electron chi connectivity index (χ1n) is 8.33. The Morgan fingerprint density at radius 3 is 2.54 bits per heavy atom. The Kier molecular flexibility index (Phi) is 6.54. The summed E-state index contributed by atoms with van der Waals surface area (Å²) in [6.45, 7) is 6.85. The molecule has 0 amide bonds. The number of methoxy groups -OCH3 is 1. The van der Waals surface area contributed by atoms with Crippen molar-refractivity contribution in [3.05, 3.63) is 28.4 Å². The number of primary sulfonamides is 1. The van der Waals surface area contributed by atoms with Gasteiger partial charge in [-0.15, -0.1) is 0 Å². The van der Waals surface area contributed by atoms with Crippen molar-refractivity contribution >= 4 is 43.4 Å². The molecule has 0 unspecified atom stereocenters. The van der Waals surface area contributed by atoms with E-state index in [0.717, 1.165) is 0 Å². The third kappa shape index (κ3) is 5.31. The molecule has 0 aliphatic rings. The van der Waals surface area contributed by atoms with Crippen LogP contribution in [-0.4, -0.2) is 42.2 Å². The smallest absolute Gasteiger partial charge is 0.242 e. The Labute approximate surface area is 172 Å². The van der Waals surface area contributed by atoms with E-state index in [9.17, 15) is 13.5 Å². The molecule has 1 heterocycles. The minimum absolute atomic E-state index is 0.0707. The lowest BCUT2D eigenvalue weighted by Gasteiger charge is -2.27. The number of benzene rings is 1. The lowest BCUT2D eigenvalue weighted by molar-refractivity contribution is 0.0647. The molecule has 0 bridgehead atoms. The number of nitrogens with zero attached hydrogens (tertiary/aromatic N) is 2. The third-order valence-corrected chi connectivity index (χ3v) is 5.83. The van der Waals surface area contributed by atoms with Gasteiger partial charge in [0.05, 0.1) is 23.2 Å². The Balaban J connectivity index is 2.36. The van der Waals surface area contributed by atoms with Crippen LogP contribution in [0.15, 0.2) is 27.7 Å². The topological polar surface area (TPSA) is 139 Å². The number of hydrogen-bond acceptors (Lipinski definition) is 8. The molecule has 0 saturated heterocycles. The second kappa shape index (κ2) is 8.19. The second-order valence-corrected chi connectivity index (χ2v) is 9.26. The van der Waals surface area contributed by atoms with E-state index in [4.69, 9.17) is 9.88 Å². The quantitative estimate of drug-likeness (QED) is 0.480. The number of nitrogens with two attached hydrogens (primary N) is 1. The summed E-state index contributed by atoms with van der Waals surface area (Å²) in [4.78, 5) is 8.54. The van der Waals surface area contributed by atoms with Gasteiger partial charge in [0.1, 0.15) is 16.5 Å². The molecular weight excluding hydrogens is 450 g/mol. The molecule has 1 aromatic carbocycles. The van der Waals surface area contributed by atoms with E-state index in [1.807, 2.05) is 6.92 Å². The van der Waals surface area contributed by atoms with Gasteiger partial charge in [0.25, 0.3) is 0 Å². The predicted molar refractivity (Wildman–Crippen MR) is 112 cm³/mol. The normalized spacial score (nSPS) is 13.1. The fourth-order valence-electron chi connectivity index (χ4n) is 2.37. The number of ether oxygens (including phenoxy) is 1. The number of nitrogens with one attached hydrogen (secondary N) is 2. The van der Waals surface area contributed by atoms with E-state index in [0.29, 0.717) is 21.5 Å². The maximum absolute atomic E-state index is 11.8. The summed E-state index contributed by atoms with van der Waals surface area (Å²) in [5.74, 6) is 0.895. The van der Waals surface area contributed by atoms with Crippen LogP contribution in [0, 0.1) is 6.92 Å². The van der Waals surface area contributed by atoms with Gasteiger partial charge in [0.2, 0.25) is 16.0 Å². The van der Waals surface area contributed by atoms with Crippen molar-refractivity contribution in [3.8, 4) is 5.75 Å². The molecule has 154 valence electrons. The second-order valence-electron chi connectivity index (χ2n) is 6.90. The first-order chi connectivity index (χ1) is 12.8. The number of sulfonamides is 1. The van der Waals surface area contributed by atoms with Gasteiger partial charge < -0.3 is 20.5 Å². The van der Waals surface area contributed by atoms with Crippen molar-refractivity contribution in [2.24, 2.45) is 5.14 Å². The minimum Gasteiger partial charge on any atom is -0.495 e. The average molecular weight is 474 g/mol. The van der Waals surface area contributed by atoms with Gasteiger partial charge in [-0.05, 0) is 55.3 Å². The zero-order valence-electron chi connectivity index (χ0n) is 16.2. The monoisotopic (exact) mass is 473 g/mol. The molecule has 2 rings (SSSR count).